The van der Waals surface area contributed by atoms with Crippen molar-refractivity contribution in [1.82, 2.24) is 0 Å². The zero-order chi connectivity index (χ0) is 24.4. The van der Waals surface area contributed by atoms with E-state index >= 15 is 0 Å². The van der Waals surface area contributed by atoms with Crippen molar-refractivity contribution < 1.29 is 52.7 Å². The number of halogens is 2. The summed E-state index contributed by atoms with van der Waals surface area (Å²) in [7, 11) is -6.03. The lowest BCUT2D eigenvalue weighted by Crippen LogP contribution is -2.45. The molecule has 0 bridgehead atoms. The largest absolute Gasteiger partial charge is 0.459 e. The third-order valence-corrected chi connectivity index (χ3v) is 4.96. The van der Waals surface area contributed by atoms with Crippen LogP contribution >= 0.6 is 7.60 Å². The van der Waals surface area contributed by atoms with E-state index in [1.807, 2.05) is 0 Å². The van der Waals surface area contributed by atoms with Crippen LogP contribution < -0.4 is 0 Å². The van der Waals surface area contributed by atoms with Gasteiger partial charge in [0, 0.05) is 18.9 Å². The average Bonchev–Trinajstić information content (AvgIpc) is 2.67. The predicted molar refractivity (Wildman–Crippen MR) is 110 cm³/mol. The van der Waals surface area contributed by atoms with Crippen molar-refractivity contribution in [3.8, 4) is 0 Å². The molecule has 0 spiro atoms. The molecule has 0 amide bonds. The fraction of sp³-hybridized carbons (Fsp3) is 0.450. The van der Waals surface area contributed by atoms with E-state index in [9.17, 15) is 28.4 Å². The molecule has 0 saturated heterocycles. The molecule has 12 heteroatoms. The number of aliphatic hydroxyl groups excluding tert-OH is 2. The second kappa shape index (κ2) is 12.3. The van der Waals surface area contributed by atoms with Crippen molar-refractivity contribution in [1.29, 1.82) is 0 Å². The van der Waals surface area contributed by atoms with Gasteiger partial charge in [0.15, 0.2) is 0 Å². The van der Waals surface area contributed by atoms with Crippen molar-refractivity contribution in [3.05, 3.63) is 60.8 Å². The third kappa shape index (κ3) is 9.66. The minimum absolute atomic E-state index is 0.164. The quantitative estimate of drug-likeness (QED) is 0.122. The number of rotatable bonds is 12. The van der Waals surface area contributed by atoms with Crippen LogP contribution in [0.3, 0.4) is 0 Å². The summed E-state index contributed by atoms with van der Waals surface area (Å²) < 4.78 is 48.1. The maximum absolute atomic E-state index is 13.9. The Morgan fingerprint density at radius 3 is 2.56 bits per heavy atom. The number of cyclic esters (lactones) is 1. The number of ether oxygens (including phenoxy) is 2. The highest BCUT2D eigenvalue weighted by Gasteiger charge is 2.54. The second-order valence-corrected chi connectivity index (χ2v) is 8.63. The summed E-state index contributed by atoms with van der Waals surface area (Å²) in [4.78, 5) is 29.0. The summed E-state index contributed by atoms with van der Waals surface area (Å²) in [6.45, 7) is 0.878. The van der Waals surface area contributed by atoms with Crippen LogP contribution in [-0.2, 0) is 18.8 Å². The molecule has 180 valence electrons. The number of carbonyl (C=O) groups excluding carboxylic acids is 1. The van der Waals surface area contributed by atoms with E-state index in [0.717, 1.165) is 13.0 Å². The molecule has 4 atom stereocenters. The van der Waals surface area contributed by atoms with E-state index in [4.69, 9.17) is 19.6 Å². The maximum atomic E-state index is 13.9. The van der Waals surface area contributed by atoms with Crippen LogP contribution in [0.25, 0.3) is 0 Å². The number of carbonyl (C=O) groups is 1. The van der Waals surface area contributed by atoms with Crippen LogP contribution in [-0.4, -0.2) is 67.4 Å². The molecular formula is C20H27F2O9P. The van der Waals surface area contributed by atoms with Crippen LogP contribution in [0.1, 0.15) is 19.8 Å². The van der Waals surface area contributed by atoms with Crippen LogP contribution in [0.4, 0.5) is 8.78 Å². The first-order valence-electron chi connectivity index (χ1n) is 9.47. The van der Waals surface area contributed by atoms with Crippen molar-refractivity contribution in [2.75, 3.05) is 6.61 Å². The molecule has 0 aromatic carbocycles. The Morgan fingerprint density at radius 2 is 1.97 bits per heavy atom. The van der Waals surface area contributed by atoms with Crippen molar-refractivity contribution in [3.63, 3.8) is 0 Å². The van der Waals surface area contributed by atoms with E-state index in [-0.39, 0.29) is 13.0 Å². The Morgan fingerprint density at radius 1 is 1.31 bits per heavy atom. The minimum atomic E-state index is -6.03. The zero-order valence-corrected chi connectivity index (χ0v) is 18.1. The Hall–Kier alpha value is -1.98. The second-order valence-electron chi connectivity index (χ2n) is 7.02. The Balaban J connectivity index is 3.02. The molecule has 0 saturated carbocycles. The van der Waals surface area contributed by atoms with Gasteiger partial charge in [-0.1, -0.05) is 48.6 Å². The highest BCUT2D eigenvalue weighted by Crippen LogP contribution is 2.54. The molecule has 0 aromatic heterocycles. The fourth-order valence-electron chi connectivity index (χ4n) is 2.47. The summed E-state index contributed by atoms with van der Waals surface area (Å²) in [5, 5.41) is 29.4. The molecule has 1 aliphatic rings. The summed E-state index contributed by atoms with van der Waals surface area (Å²) in [5.74, 6) is -5.55. The van der Waals surface area contributed by atoms with Crippen molar-refractivity contribution in [2.24, 2.45) is 0 Å². The molecule has 1 aliphatic heterocycles. The van der Waals surface area contributed by atoms with E-state index in [2.05, 4.69) is 4.74 Å². The van der Waals surface area contributed by atoms with E-state index in [0.29, 0.717) is 0 Å². The lowest BCUT2D eigenvalue weighted by atomic mass is 9.92. The van der Waals surface area contributed by atoms with Crippen molar-refractivity contribution in [2.45, 2.75) is 49.5 Å². The number of hydrogen-bond donors (Lipinski definition) is 5. The van der Waals surface area contributed by atoms with Crippen LogP contribution in [0.5, 0.6) is 0 Å². The molecule has 0 aliphatic carbocycles. The minimum Gasteiger partial charge on any atom is -0.455 e. The first kappa shape index (κ1) is 28.1. The number of allylic oxidation sites excluding steroid dienone is 4. The molecule has 32 heavy (non-hydrogen) atoms. The molecule has 1 heterocycles. The third-order valence-electron chi connectivity index (χ3n) is 4.18. The summed E-state index contributed by atoms with van der Waals surface area (Å²) in [6, 6.07) is 0. The molecule has 0 radical (unpaired) electrons. The lowest BCUT2D eigenvalue weighted by molar-refractivity contribution is -0.244. The number of esters is 1. The first-order chi connectivity index (χ1) is 14.8. The van der Waals surface area contributed by atoms with Gasteiger partial charge in [-0.25, -0.2) is 4.79 Å². The summed E-state index contributed by atoms with van der Waals surface area (Å²) >= 11 is 0. The van der Waals surface area contributed by atoms with Gasteiger partial charge in [-0.05, 0) is 13.0 Å². The van der Waals surface area contributed by atoms with Crippen LogP contribution in [0.2, 0.25) is 0 Å². The normalized spacial score (nSPS) is 22.1. The number of aliphatic hydroxyl groups is 3. The van der Waals surface area contributed by atoms with Crippen LogP contribution in [0, 0.1) is 0 Å². The Bertz CT molecular complexity index is 812. The molecule has 1 unspecified atom stereocenters. The Labute approximate surface area is 183 Å². The van der Waals surface area contributed by atoms with Gasteiger partial charge in [-0.3, -0.25) is 4.57 Å². The maximum Gasteiger partial charge on any atom is 0.459 e. The molecule has 1 rings (SSSR count). The van der Waals surface area contributed by atoms with Gasteiger partial charge < -0.3 is 34.6 Å². The smallest absolute Gasteiger partial charge is 0.455 e. The predicted octanol–water partition coefficient (Wildman–Crippen LogP) is 1.69. The van der Waals surface area contributed by atoms with E-state index in [1.54, 1.807) is 0 Å². The highest BCUT2D eigenvalue weighted by atomic mass is 31.2. The fourth-order valence-corrected chi connectivity index (χ4v) is 2.73. The van der Waals surface area contributed by atoms with Gasteiger partial charge in [-0.2, -0.15) is 8.78 Å². The van der Waals surface area contributed by atoms with Gasteiger partial charge in [0.25, 0.3) is 0 Å². The zero-order valence-electron chi connectivity index (χ0n) is 17.2. The van der Waals surface area contributed by atoms with Gasteiger partial charge in [-0.15, -0.1) is 0 Å². The van der Waals surface area contributed by atoms with Gasteiger partial charge in [0.2, 0.25) is 0 Å². The molecule has 0 aromatic rings. The van der Waals surface area contributed by atoms with E-state index in [1.165, 1.54) is 54.7 Å². The first-order valence-corrected chi connectivity index (χ1v) is 11.1. The van der Waals surface area contributed by atoms with Crippen LogP contribution in [0.15, 0.2) is 60.8 Å². The van der Waals surface area contributed by atoms with Gasteiger partial charge >= 0.3 is 19.4 Å². The molecular weight excluding hydrogens is 453 g/mol. The molecule has 9 nitrogen and oxygen atoms in total. The lowest BCUT2D eigenvalue weighted by Gasteiger charge is -2.34. The Kier molecular flexibility index (Phi) is 10.8. The molecule has 5 N–H and O–H groups in total. The van der Waals surface area contributed by atoms with E-state index < -0.39 is 49.7 Å². The number of alkyl halides is 2. The topological polar surface area (TPSA) is 154 Å². The summed E-state index contributed by atoms with van der Waals surface area (Å²) in [5.41, 5.74) is -2.24. The average molecular weight is 480 g/mol. The van der Waals surface area contributed by atoms with Crippen molar-refractivity contribution >= 4 is 13.6 Å². The standard InChI is InChI=1S/C20H27F2O9P/c1-19(26,12-11-16-9-7-10-18(25)30-16)17(31-20(21,22)32(27,28)29)14-15(24)8-5-3-2-4-6-13-23/h2-8,10-12,15-17,23-24,26H,9,13-14H2,1H3,(H2,27,28,29)/b3-2-,6-4+,8-5-,12-11+/t15-,16+,17?,19+/m0/s1. The molecule has 0 fully saturated rings. The highest BCUT2D eigenvalue weighted by molar-refractivity contribution is 7.52. The van der Waals surface area contributed by atoms with Gasteiger partial charge in [0.05, 0.1) is 18.8 Å². The number of hydrogen-bond acceptors (Lipinski definition) is 7. The van der Waals surface area contributed by atoms with Gasteiger partial charge in [0.1, 0.15) is 11.7 Å². The monoisotopic (exact) mass is 480 g/mol. The summed E-state index contributed by atoms with van der Waals surface area (Å²) in [6.07, 6.45) is 8.87. The SMILES string of the molecule is C[C@@](O)(/C=C/[C@H]1CC=CC(=O)O1)C(C[C@@H](O)\C=C/C=C\C=C\CO)OC(F)(F)P(=O)(O)O.